The zero-order valence-electron chi connectivity index (χ0n) is 44.5. The molecule has 0 saturated carbocycles. The first kappa shape index (κ1) is 58.6. The van der Waals surface area contributed by atoms with Gasteiger partial charge in [0, 0.05) is 46.4 Å². The Morgan fingerprint density at radius 3 is 1.80 bits per heavy atom. The van der Waals surface area contributed by atoms with Gasteiger partial charge >= 0.3 is 11.9 Å². The van der Waals surface area contributed by atoms with Crippen LogP contribution in [0.5, 0.6) is 0 Å². The van der Waals surface area contributed by atoms with E-state index in [0.717, 1.165) is 5.56 Å². The molecular weight excluding hydrogens is 1090 g/mol. The lowest BCUT2D eigenvalue weighted by molar-refractivity contribution is -0.137. The monoisotopic (exact) mass is 1140 g/mol. The molecule has 1 amide bonds. The lowest BCUT2D eigenvalue weighted by Crippen LogP contribution is -2.20. The molecule has 0 saturated heterocycles. The van der Waals surface area contributed by atoms with Crippen molar-refractivity contribution in [1.29, 1.82) is 5.41 Å². The number of carboxylic acid groups (broad SMARTS) is 1. The number of amidine groups is 1. The van der Waals surface area contributed by atoms with Crippen LogP contribution in [0.1, 0.15) is 62.9 Å². The van der Waals surface area contributed by atoms with Crippen molar-refractivity contribution in [1.82, 2.24) is 39.8 Å². The van der Waals surface area contributed by atoms with Crippen molar-refractivity contribution < 1.29 is 51.6 Å². The molecule has 5 aromatic heterocycles. The number of hydrogen-bond donors (Lipinski definition) is 5. The Kier molecular flexibility index (Phi) is 19.9. The lowest BCUT2D eigenvalue weighted by Gasteiger charge is -2.06. The maximum atomic E-state index is 14.2. The molecule has 0 aliphatic carbocycles. The molecule has 11 rings (SSSR count). The quantitative estimate of drug-likeness (QED) is 0.0142. The van der Waals surface area contributed by atoms with Gasteiger partial charge in [-0.05, 0) is 55.5 Å². The second kappa shape index (κ2) is 28.5. The highest BCUT2D eigenvalue weighted by molar-refractivity contribution is 6.11. The molecular formula is C60H50F2N12O10. The summed E-state index contributed by atoms with van der Waals surface area (Å²) in [6, 6.07) is 45.9. The number of ether oxygens (including phenoxy) is 2. The number of anilines is 1. The standard InChI is InChI=1S/C24H17FN6O3.C14H12FN5O.C12H11NO3.C10H10O3/c25-17-9-5-4-8-16(17)14-31-21(18-10-11-34-30-18)12-19(29-31)22-26-13-20(24(33)28-22)27-23(32)15-6-2-1-3-7-15;15-10-4-2-1-3-9(10)8-20-13(11-5-6-21-19-11)7-12(18-20)14(16)17;1-2-15-8-10-12(14)16-11(13-10)9-6-4-3-5-7-9;11-9(6-7-10(12)13)8-4-2-1-3-5-8/h1-13H,14H2,(H,27,32)(H,26,28,33);1-7H,8H2,(H3,16,17);3-8H,2H2,1H3;1-5H,6-7H2,(H,12,13)/b;;10-8-;. The number of carbonyl (C=O) groups is 4. The largest absolute Gasteiger partial charge is 0.499 e. The summed E-state index contributed by atoms with van der Waals surface area (Å²) < 4.78 is 50.9. The fourth-order valence-electron chi connectivity index (χ4n) is 7.65. The predicted molar refractivity (Wildman–Crippen MR) is 302 cm³/mol. The molecule has 6 N–H and O–H groups in total. The molecule has 84 heavy (non-hydrogen) atoms. The number of nitrogen functional groups attached to an aromatic ring is 1. The van der Waals surface area contributed by atoms with Gasteiger partial charge in [0.15, 0.2) is 17.3 Å². The van der Waals surface area contributed by atoms with Crippen LogP contribution in [0, 0.1) is 17.0 Å². The van der Waals surface area contributed by atoms with Crippen LogP contribution in [-0.2, 0) is 32.2 Å². The van der Waals surface area contributed by atoms with Gasteiger partial charge in [-0.25, -0.2) is 23.6 Å². The summed E-state index contributed by atoms with van der Waals surface area (Å²) in [5, 5.41) is 34.9. The van der Waals surface area contributed by atoms with Crippen LogP contribution in [0.15, 0.2) is 213 Å². The molecule has 0 unspecified atom stereocenters. The van der Waals surface area contributed by atoms with Crippen molar-refractivity contribution in [2.24, 2.45) is 10.7 Å². The zero-order chi connectivity index (χ0) is 59.4. The van der Waals surface area contributed by atoms with Crippen molar-refractivity contribution in [3.05, 3.63) is 250 Å². The number of aliphatic carboxylic acids is 1. The SMILES string of the molecule is CCO/C=C1\N=C(c2ccccc2)OC1=O.N=C(N)c1cc(-c2ccon2)n(Cc2ccccc2F)n1.O=C(Nc1cnc(-c2cc(-c3ccon3)n(Cc3ccccc3F)n2)[nH]c1=O)c1ccccc1.O=C(O)CCC(=O)c1ccccc1. The molecule has 1 aliphatic heterocycles. The Morgan fingerprint density at radius 2 is 1.26 bits per heavy atom. The van der Waals surface area contributed by atoms with E-state index in [1.54, 1.807) is 125 Å². The molecule has 0 spiro atoms. The Labute approximate surface area is 476 Å². The topological polar surface area (TPSA) is 315 Å². The summed E-state index contributed by atoms with van der Waals surface area (Å²) in [6.45, 7) is 2.67. The van der Waals surface area contributed by atoms with E-state index >= 15 is 0 Å². The Morgan fingerprint density at radius 1 is 0.714 bits per heavy atom. The van der Waals surface area contributed by atoms with Gasteiger partial charge in [0.05, 0.1) is 43.7 Å². The average molecular weight is 1140 g/mol. The predicted octanol–water partition coefficient (Wildman–Crippen LogP) is 9.34. The van der Waals surface area contributed by atoms with Gasteiger partial charge in [-0.15, -0.1) is 0 Å². The normalized spacial score (nSPS) is 11.8. The molecule has 24 heteroatoms. The molecule has 0 fully saturated rings. The number of benzene rings is 5. The fraction of sp³-hybridized carbons (Fsp3) is 0.100. The molecule has 0 atom stereocenters. The third-order valence-electron chi connectivity index (χ3n) is 11.8. The summed E-state index contributed by atoms with van der Waals surface area (Å²) in [4.78, 5) is 68.8. The number of rotatable bonds is 17. The Balaban J connectivity index is 0.000000158. The van der Waals surface area contributed by atoms with E-state index in [2.05, 4.69) is 40.8 Å². The summed E-state index contributed by atoms with van der Waals surface area (Å²) in [5.41, 5.74) is 10.6. The minimum atomic E-state index is -0.940. The number of nitrogens with one attached hydrogen (secondary N) is 3. The number of Topliss-reactive ketones (excluding diaryl/α,β-unsaturated/α-hetero) is 1. The Bertz CT molecular complexity index is 4000. The number of H-pyrrole nitrogens is 1. The van der Waals surface area contributed by atoms with Crippen molar-refractivity contribution in [3.63, 3.8) is 0 Å². The van der Waals surface area contributed by atoms with Crippen molar-refractivity contribution in [2.75, 3.05) is 11.9 Å². The van der Waals surface area contributed by atoms with E-state index in [9.17, 15) is 32.8 Å². The van der Waals surface area contributed by atoms with E-state index in [1.165, 1.54) is 37.1 Å². The van der Waals surface area contributed by atoms with E-state index in [1.807, 2.05) is 43.3 Å². The first-order chi connectivity index (χ1) is 40.7. The third-order valence-corrected chi connectivity index (χ3v) is 11.8. The highest BCUT2D eigenvalue weighted by Crippen LogP contribution is 2.26. The first-order valence-electron chi connectivity index (χ1n) is 25.5. The van der Waals surface area contributed by atoms with Gasteiger partial charge in [-0.1, -0.05) is 113 Å². The number of aromatic amines is 1. The van der Waals surface area contributed by atoms with Crippen LogP contribution in [-0.4, -0.2) is 86.9 Å². The molecule has 10 aromatic rings. The molecule has 6 heterocycles. The van der Waals surface area contributed by atoms with Crippen LogP contribution in [0.3, 0.4) is 0 Å². The average Bonchev–Trinajstić information content (AvgIpc) is 4.37. The number of aromatic nitrogens is 8. The molecule has 22 nitrogen and oxygen atoms in total. The summed E-state index contributed by atoms with van der Waals surface area (Å²) in [7, 11) is 0. The number of ketones is 1. The van der Waals surface area contributed by atoms with Gasteiger partial charge in [0.1, 0.15) is 64.7 Å². The second-order valence-corrected chi connectivity index (χ2v) is 17.6. The number of esters is 1. The van der Waals surface area contributed by atoms with Gasteiger partial charge in [-0.2, -0.15) is 10.2 Å². The maximum Gasteiger partial charge on any atom is 0.367 e. The highest BCUT2D eigenvalue weighted by Gasteiger charge is 2.25. The number of cyclic esters (lactones) is 1. The minimum Gasteiger partial charge on any atom is -0.499 e. The number of nitrogens with zero attached hydrogens (tertiary/aromatic N) is 8. The number of amides is 1. The third kappa shape index (κ3) is 15.8. The molecule has 0 bridgehead atoms. The number of aliphatic imine (C=N–C) groups is 1. The van der Waals surface area contributed by atoms with Gasteiger partial charge < -0.3 is 39.7 Å². The Hall–Kier alpha value is -11.6. The van der Waals surface area contributed by atoms with Crippen LogP contribution < -0.4 is 16.6 Å². The second-order valence-electron chi connectivity index (χ2n) is 17.6. The van der Waals surface area contributed by atoms with Crippen LogP contribution in [0.25, 0.3) is 34.3 Å². The van der Waals surface area contributed by atoms with E-state index in [-0.39, 0.29) is 66.4 Å². The summed E-state index contributed by atoms with van der Waals surface area (Å²) in [5.74, 6) is -2.31. The minimum absolute atomic E-state index is 0.000108. The first-order valence-corrected chi connectivity index (χ1v) is 25.5. The number of carboxylic acids is 1. The summed E-state index contributed by atoms with van der Waals surface area (Å²) >= 11 is 0. The van der Waals surface area contributed by atoms with Crippen molar-refractivity contribution in [3.8, 4) is 34.3 Å². The summed E-state index contributed by atoms with van der Waals surface area (Å²) in [6.07, 6.45) is 5.40. The van der Waals surface area contributed by atoms with E-state index in [4.69, 9.17) is 34.8 Å². The zero-order valence-corrected chi connectivity index (χ0v) is 44.5. The van der Waals surface area contributed by atoms with Crippen LogP contribution in [0.2, 0.25) is 0 Å². The fourth-order valence-corrected chi connectivity index (χ4v) is 7.65. The number of halogens is 2. The number of hydrogen-bond acceptors (Lipinski definition) is 16. The number of nitrogens with two attached hydrogens (primary N) is 1. The number of carbonyl (C=O) groups excluding carboxylic acids is 3. The molecule has 424 valence electrons. The maximum absolute atomic E-state index is 14.2. The smallest absolute Gasteiger partial charge is 0.367 e. The molecule has 1 aliphatic rings. The van der Waals surface area contributed by atoms with Crippen LogP contribution in [0.4, 0.5) is 14.5 Å². The van der Waals surface area contributed by atoms with Gasteiger partial charge in [0.25, 0.3) is 11.5 Å². The molecule has 0 radical (unpaired) electrons. The van der Waals surface area contributed by atoms with E-state index < -0.39 is 23.4 Å². The van der Waals surface area contributed by atoms with Crippen molar-refractivity contribution in [2.45, 2.75) is 32.9 Å². The van der Waals surface area contributed by atoms with Crippen LogP contribution >= 0.6 is 0 Å². The van der Waals surface area contributed by atoms with Crippen molar-refractivity contribution >= 4 is 41.0 Å². The van der Waals surface area contributed by atoms with E-state index in [0.29, 0.717) is 68.9 Å². The lowest BCUT2D eigenvalue weighted by atomic mass is 10.1. The van der Waals surface area contributed by atoms with Gasteiger partial charge in [-0.3, -0.25) is 34.0 Å². The van der Waals surface area contributed by atoms with Gasteiger partial charge in [0.2, 0.25) is 5.90 Å². The highest BCUT2D eigenvalue weighted by atomic mass is 19.1. The molecule has 5 aromatic carbocycles.